The smallest absolute Gasteiger partial charge is 0.168 e. The summed E-state index contributed by atoms with van der Waals surface area (Å²) in [7, 11) is 1.73. The van der Waals surface area contributed by atoms with Crippen LogP contribution in [0.2, 0.25) is 0 Å². The summed E-state index contributed by atoms with van der Waals surface area (Å²) < 4.78 is 22.5. The maximum atomic E-state index is 6.00. The minimum absolute atomic E-state index is 0.268. The Morgan fingerprint density at radius 3 is 2.47 bits per heavy atom. The third-order valence-corrected chi connectivity index (χ3v) is 3.66. The van der Waals surface area contributed by atoms with Crippen molar-refractivity contribution in [2.24, 2.45) is 0 Å². The molecule has 0 radical (unpaired) electrons. The van der Waals surface area contributed by atoms with E-state index in [1.807, 2.05) is 0 Å². The van der Waals surface area contributed by atoms with Gasteiger partial charge >= 0.3 is 0 Å². The van der Waals surface area contributed by atoms with Crippen LogP contribution in [0.1, 0.15) is 39.0 Å². The summed E-state index contributed by atoms with van der Waals surface area (Å²) in [5.74, 6) is -0.268. The molecule has 17 heavy (non-hydrogen) atoms. The second-order valence-corrected chi connectivity index (χ2v) is 5.04. The Hall–Kier alpha value is -0.160. The highest BCUT2D eigenvalue weighted by atomic mass is 16.7. The van der Waals surface area contributed by atoms with Crippen molar-refractivity contribution in [3.8, 4) is 0 Å². The predicted octanol–water partition coefficient (Wildman–Crippen LogP) is 2.11. The summed E-state index contributed by atoms with van der Waals surface area (Å²) in [5, 5.41) is 0. The van der Waals surface area contributed by atoms with Crippen LogP contribution in [0.4, 0.5) is 0 Å². The zero-order chi connectivity index (χ0) is 12.1. The lowest BCUT2D eigenvalue weighted by atomic mass is 9.91. The van der Waals surface area contributed by atoms with Crippen molar-refractivity contribution in [3.05, 3.63) is 0 Å². The molecular weight excluding hydrogens is 220 g/mol. The van der Waals surface area contributed by atoms with Gasteiger partial charge in [-0.1, -0.05) is 0 Å². The quantitative estimate of drug-likeness (QED) is 0.742. The van der Waals surface area contributed by atoms with Gasteiger partial charge in [0.05, 0.1) is 25.4 Å². The third kappa shape index (κ3) is 3.65. The molecule has 2 fully saturated rings. The third-order valence-electron chi connectivity index (χ3n) is 3.66. The van der Waals surface area contributed by atoms with E-state index in [4.69, 9.17) is 18.9 Å². The summed E-state index contributed by atoms with van der Waals surface area (Å²) >= 11 is 0. The van der Waals surface area contributed by atoms with Crippen molar-refractivity contribution in [2.45, 2.75) is 57.0 Å². The minimum Gasteiger partial charge on any atom is -0.385 e. The maximum absolute atomic E-state index is 6.00. The molecular formula is C13H24O4. The second kappa shape index (κ2) is 6.14. The largest absolute Gasteiger partial charge is 0.385 e. The molecule has 1 aliphatic heterocycles. The first-order chi connectivity index (χ1) is 8.24. The van der Waals surface area contributed by atoms with Crippen molar-refractivity contribution >= 4 is 0 Å². The second-order valence-electron chi connectivity index (χ2n) is 5.04. The first-order valence-corrected chi connectivity index (χ1v) is 6.66. The van der Waals surface area contributed by atoms with Gasteiger partial charge in [-0.25, -0.2) is 0 Å². The number of rotatable bonds is 5. The van der Waals surface area contributed by atoms with Crippen LogP contribution in [-0.2, 0) is 18.9 Å². The molecule has 2 rings (SSSR count). The highest BCUT2D eigenvalue weighted by Crippen LogP contribution is 2.37. The van der Waals surface area contributed by atoms with E-state index >= 15 is 0 Å². The van der Waals surface area contributed by atoms with Gasteiger partial charge in [0.25, 0.3) is 0 Å². The predicted molar refractivity (Wildman–Crippen MR) is 63.9 cm³/mol. The standard InChI is InChI=1S/C13H24O4/c1-11(5-8-14-2)17-12-3-6-13(7-4-12)15-9-10-16-13/h11-12H,3-10H2,1-2H3. The number of methoxy groups -OCH3 is 1. The van der Waals surface area contributed by atoms with E-state index in [0.717, 1.165) is 51.9 Å². The molecule has 0 aromatic carbocycles. The molecule has 0 N–H and O–H groups in total. The summed E-state index contributed by atoms with van der Waals surface area (Å²) in [5.41, 5.74) is 0. The zero-order valence-corrected chi connectivity index (χ0v) is 10.9. The summed E-state index contributed by atoms with van der Waals surface area (Å²) in [6.07, 6.45) is 5.61. The Morgan fingerprint density at radius 2 is 1.88 bits per heavy atom. The van der Waals surface area contributed by atoms with Gasteiger partial charge in [0.15, 0.2) is 5.79 Å². The summed E-state index contributed by atoms with van der Waals surface area (Å²) in [4.78, 5) is 0. The molecule has 1 heterocycles. The Morgan fingerprint density at radius 1 is 1.24 bits per heavy atom. The zero-order valence-electron chi connectivity index (χ0n) is 10.9. The van der Waals surface area contributed by atoms with Gasteiger partial charge in [-0.3, -0.25) is 0 Å². The fourth-order valence-electron chi connectivity index (χ4n) is 2.63. The number of hydrogen-bond acceptors (Lipinski definition) is 4. The van der Waals surface area contributed by atoms with Crippen molar-refractivity contribution in [1.82, 2.24) is 0 Å². The topological polar surface area (TPSA) is 36.9 Å². The molecule has 0 amide bonds. The van der Waals surface area contributed by atoms with Gasteiger partial charge in [0, 0.05) is 26.6 Å². The molecule has 0 aromatic heterocycles. The van der Waals surface area contributed by atoms with E-state index in [1.54, 1.807) is 7.11 Å². The lowest BCUT2D eigenvalue weighted by Crippen LogP contribution is -2.38. The van der Waals surface area contributed by atoms with Crippen LogP contribution in [-0.4, -0.2) is 44.9 Å². The number of ether oxygens (including phenoxy) is 4. The van der Waals surface area contributed by atoms with Gasteiger partial charge in [-0.05, 0) is 26.2 Å². The molecule has 1 unspecified atom stereocenters. The molecule has 4 heteroatoms. The van der Waals surface area contributed by atoms with Crippen LogP contribution in [0.3, 0.4) is 0 Å². The van der Waals surface area contributed by atoms with E-state index in [0.29, 0.717) is 6.10 Å². The highest BCUT2D eigenvalue weighted by molar-refractivity contribution is 4.83. The Balaban J connectivity index is 1.68. The van der Waals surface area contributed by atoms with Crippen molar-refractivity contribution in [1.29, 1.82) is 0 Å². The van der Waals surface area contributed by atoms with Crippen molar-refractivity contribution < 1.29 is 18.9 Å². The van der Waals surface area contributed by atoms with Crippen LogP contribution < -0.4 is 0 Å². The molecule has 1 saturated heterocycles. The SMILES string of the molecule is COCCC(C)OC1CCC2(CC1)OCCO2. The van der Waals surface area contributed by atoms with E-state index in [1.165, 1.54) is 0 Å². The van der Waals surface area contributed by atoms with Crippen molar-refractivity contribution in [2.75, 3.05) is 26.9 Å². The minimum atomic E-state index is -0.268. The van der Waals surface area contributed by atoms with Gasteiger partial charge in [0.2, 0.25) is 0 Å². The maximum Gasteiger partial charge on any atom is 0.168 e. The normalized spacial score (nSPS) is 26.5. The van der Waals surface area contributed by atoms with E-state index < -0.39 is 0 Å². The Bertz CT molecular complexity index is 215. The Labute approximate surface area is 104 Å². The fraction of sp³-hybridized carbons (Fsp3) is 1.00. The first-order valence-electron chi connectivity index (χ1n) is 6.66. The molecule has 0 aromatic rings. The van der Waals surface area contributed by atoms with Crippen LogP contribution in [0.5, 0.6) is 0 Å². The molecule has 1 aliphatic carbocycles. The van der Waals surface area contributed by atoms with Gasteiger partial charge in [0.1, 0.15) is 0 Å². The van der Waals surface area contributed by atoms with Crippen LogP contribution in [0, 0.1) is 0 Å². The molecule has 100 valence electrons. The van der Waals surface area contributed by atoms with E-state index in [2.05, 4.69) is 6.92 Å². The van der Waals surface area contributed by atoms with Gasteiger partial charge < -0.3 is 18.9 Å². The Kier molecular flexibility index (Phi) is 4.79. The molecule has 0 bridgehead atoms. The first kappa shape index (κ1) is 13.3. The van der Waals surface area contributed by atoms with Crippen molar-refractivity contribution in [3.63, 3.8) is 0 Å². The lowest BCUT2D eigenvalue weighted by Gasteiger charge is -2.36. The molecule has 2 aliphatic rings. The molecule has 4 nitrogen and oxygen atoms in total. The van der Waals surface area contributed by atoms with Gasteiger partial charge in [-0.15, -0.1) is 0 Å². The molecule has 1 saturated carbocycles. The van der Waals surface area contributed by atoms with E-state index in [9.17, 15) is 0 Å². The fourth-order valence-corrected chi connectivity index (χ4v) is 2.63. The average Bonchev–Trinajstić information content (AvgIpc) is 2.79. The molecule has 1 atom stereocenters. The summed E-state index contributed by atoms with van der Waals surface area (Å²) in [6, 6.07) is 0. The monoisotopic (exact) mass is 244 g/mol. The van der Waals surface area contributed by atoms with Crippen LogP contribution in [0.15, 0.2) is 0 Å². The van der Waals surface area contributed by atoms with Crippen LogP contribution >= 0.6 is 0 Å². The van der Waals surface area contributed by atoms with Gasteiger partial charge in [-0.2, -0.15) is 0 Å². The number of hydrogen-bond donors (Lipinski definition) is 0. The van der Waals surface area contributed by atoms with E-state index in [-0.39, 0.29) is 11.9 Å². The lowest BCUT2D eigenvalue weighted by molar-refractivity contribution is -0.195. The average molecular weight is 244 g/mol. The molecule has 1 spiro atoms. The highest BCUT2D eigenvalue weighted by Gasteiger charge is 2.40. The summed E-state index contributed by atoms with van der Waals surface area (Å²) in [6.45, 7) is 4.38. The van der Waals surface area contributed by atoms with Crippen LogP contribution in [0.25, 0.3) is 0 Å².